The molecule has 0 bridgehead atoms. The summed E-state index contributed by atoms with van der Waals surface area (Å²) in [6.45, 7) is 4.17. The molecule has 0 aromatic rings. The van der Waals surface area contributed by atoms with E-state index in [2.05, 4.69) is 26.0 Å². The molecule has 0 heterocycles. The van der Waals surface area contributed by atoms with Gasteiger partial charge in [0.15, 0.2) is 6.10 Å². The molecule has 0 fully saturated rings. The van der Waals surface area contributed by atoms with Crippen molar-refractivity contribution < 1.29 is 24.2 Å². The Morgan fingerprint density at radius 3 is 1.02 bits per heavy atom. The van der Waals surface area contributed by atoms with Gasteiger partial charge in [0, 0.05) is 12.8 Å². The van der Waals surface area contributed by atoms with Gasteiger partial charge in [0.1, 0.15) is 6.61 Å². The van der Waals surface area contributed by atoms with Crippen LogP contribution in [0.5, 0.6) is 0 Å². The van der Waals surface area contributed by atoms with E-state index < -0.39 is 6.10 Å². The molecule has 0 aromatic heterocycles. The van der Waals surface area contributed by atoms with E-state index in [9.17, 15) is 14.7 Å². The van der Waals surface area contributed by atoms with Crippen LogP contribution in [0.2, 0.25) is 0 Å². The van der Waals surface area contributed by atoms with Crippen LogP contribution in [0.3, 0.4) is 0 Å². The van der Waals surface area contributed by atoms with E-state index in [0.29, 0.717) is 12.8 Å². The maximum Gasteiger partial charge on any atom is 0.306 e. The number of aliphatic hydroxyl groups is 1. The van der Waals surface area contributed by atoms with Crippen LogP contribution < -0.4 is 0 Å². The second-order valence-electron chi connectivity index (χ2n) is 16.2. The number of esters is 2. The zero-order valence-corrected chi connectivity index (χ0v) is 35.8. The van der Waals surface area contributed by atoms with Crippen molar-refractivity contribution in [1.82, 2.24) is 0 Å². The van der Waals surface area contributed by atoms with Crippen LogP contribution in [0.25, 0.3) is 0 Å². The lowest BCUT2D eigenvalue weighted by Crippen LogP contribution is -2.28. The van der Waals surface area contributed by atoms with E-state index >= 15 is 0 Å². The summed E-state index contributed by atoms with van der Waals surface area (Å²) >= 11 is 0. The number of ether oxygens (including phenoxy) is 2. The van der Waals surface area contributed by atoms with E-state index in [1.165, 1.54) is 199 Å². The van der Waals surface area contributed by atoms with Crippen LogP contribution in [-0.4, -0.2) is 36.4 Å². The minimum atomic E-state index is -0.766. The van der Waals surface area contributed by atoms with Crippen LogP contribution >= 0.6 is 0 Å². The molecular weight excluding hydrogens is 657 g/mol. The summed E-state index contributed by atoms with van der Waals surface area (Å²) in [5.74, 6) is -0.576. The second kappa shape index (κ2) is 45.0. The molecule has 314 valence electrons. The van der Waals surface area contributed by atoms with Gasteiger partial charge in [0.05, 0.1) is 6.61 Å². The highest BCUT2D eigenvalue weighted by molar-refractivity contribution is 5.70. The molecule has 53 heavy (non-hydrogen) atoms. The van der Waals surface area contributed by atoms with Gasteiger partial charge in [-0.3, -0.25) is 9.59 Å². The van der Waals surface area contributed by atoms with Crippen molar-refractivity contribution in [1.29, 1.82) is 0 Å². The molecular formula is C48H92O5. The summed E-state index contributed by atoms with van der Waals surface area (Å²) in [6, 6.07) is 0. The Labute approximate surface area is 331 Å². The molecule has 1 atom stereocenters. The maximum atomic E-state index is 12.2. The molecule has 0 spiro atoms. The number of hydrogen-bond donors (Lipinski definition) is 1. The summed E-state index contributed by atoms with van der Waals surface area (Å²) in [4.78, 5) is 24.4. The van der Waals surface area contributed by atoms with Gasteiger partial charge in [-0.1, -0.05) is 225 Å². The van der Waals surface area contributed by atoms with Gasteiger partial charge in [0.25, 0.3) is 0 Å². The van der Waals surface area contributed by atoms with Crippen molar-refractivity contribution in [2.45, 2.75) is 270 Å². The van der Waals surface area contributed by atoms with Crippen molar-refractivity contribution in [2.75, 3.05) is 13.2 Å². The number of rotatable bonds is 44. The average Bonchev–Trinajstić information content (AvgIpc) is 3.16. The zero-order valence-electron chi connectivity index (χ0n) is 35.8. The standard InChI is InChI=1S/C48H92O5/c1-3-5-7-9-11-13-15-17-19-21-23-25-27-29-31-33-35-37-39-41-43-48(51)53-46(44-49)45-52-47(50)42-40-38-36-34-32-30-28-26-24-22-20-18-16-14-12-10-8-6-4-2/h18,20,46,49H,3-17,19,21-45H2,1-2H3/b20-18+/t46-/m0/s1. The Morgan fingerprint density at radius 2 is 0.698 bits per heavy atom. The monoisotopic (exact) mass is 749 g/mol. The summed E-state index contributed by atoms with van der Waals surface area (Å²) in [7, 11) is 0. The first-order valence-corrected chi connectivity index (χ1v) is 23.7. The predicted octanol–water partition coefficient (Wildman–Crippen LogP) is 15.2. The Hall–Kier alpha value is -1.36. The largest absolute Gasteiger partial charge is 0.462 e. The lowest BCUT2D eigenvalue weighted by molar-refractivity contribution is -0.161. The minimum Gasteiger partial charge on any atom is -0.462 e. The molecule has 0 saturated carbocycles. The third-order valence-corrected chi connectivity index (χ3v) is 10.8. The van der Waals surface area contributed by atoms with Gasteiger partial charge >= 0.3 is 11.9 Å². The predicted molar refractivity (Wildman–Crippen MR) is 228 cm³/mol. The molecule has 0 unspecified atom stereocenters. The van der Waals surface area contributed by atoms with E-state index in [1.807, 2.05) is 0 Å². The summed E-state index contributed by atoms with van der Waals surface area (Å²) in [5, 5.41) is 9.60. The molecule has 1 N–H and O–H groups in total. The highest BCUT2D eigenvalue weighted by atomic mass is 16.6. The Balaban J connectivity index is 3.46. The topological polar surface area (TPSA) is 72.8 Å². The summed E-state index contributed by atoms with van der Waals surface area (Å²) < 4.78 is 10.7. The molecule has 0 aliphatic carbocycles. The average molecular weight is 749 g/mol. The first-order valence-electron chi connectivity index (χ1n) is 23.7. The molecule has 0 radical (unpaired) electrons. The number of hydrogen-bond acceptors (Lipinski definition) is 5. The Kier molecular flexibility index (Phi) is 43.9. The third kappa shape index (κ3) is 43.2. The van der Waals surface area contributed by atoms with Gasteiger partial charge in [-0.15, -0.1) is 0 Å². The fourth-order valence-electron chi connectivity index (χ4n) is 7.20. The van der Waals surface area contributed by atoms with E-state index in [4.69, 9.17) is 9.47 Å². The van der Waals surface area contributed by atoms with E-state index in [-0.39, 0.29) is 25.2 Å². The minimum absolute atomic E-state index is 0.0603. The van der Waals surface area contributed by atoms with Gasteiger partial charge in [-0.2, -0.15) is 0 Å². The fraction of sp³-hybridized carbons (Fsp3) is 0.917. The lowest BCUT2D eigenvalue weighted by atomic mass is 10.0. The smallest absolute Gasteiger partial charge is 0.306 e. The molecule has 0 aliphatic rings. The molecule has 0 rings (SSSR count). The van der Waals surface area contributed by atoms with Crippen molar-refractivity contribution in [3.05, 3.63) is 12.2 Å². The first-order chi connectivity index (χ1) is 26.1. The number of aliphatic hydroxyl groups excluding tert-OH is 1. The summed E-state index contributed by atoms with van der Waals surface area (Å²) in [5.41, 5.74) is 0. The molecule has 5 heteroatoms. The number of carbonyl (C=O) groups is 2. The zero-order chi connectivity index (χ0) is 38.6. The SMILES string of the molecule is CCCCCCCC/C=C/CCCCCCCCCCCC(=O)OC[C@H](CO)OC(=O)CCCCCCCCCCCCCCCCCCCCCC. The maximum absolute atomic E-state index is 12.2. The normalized spacial score (nSPS) is 12.1. The van der Waals surface area contributed by atoms with Crippen LogP contribution in [0.4, 0.5) is 0 Å². The van der Waals surface area contributed by atoms with Crippen LogP contribution in [0, 0.1) is 0 Å². The van der Waals surface area contributed by atoms with E-state index in [0.717, 1.165) is 38.5 Å². The van der Waals surface area contributed by atoms with Crippen molar-refractivity contribution in [3.8, 4) is 0 Å². The second-order valence-corrected chi connectivity index (χ2v) is 16.2. The Bertz CT molecular complexity index is 765. The van der Waals surface area contributed by atoms with Gasteiger partial charge in [-0.25, -0.2) is 0 Å². The molecule has 0 aromatic carbocycles. The van der Waals surface area contributed by atoms with Crippen molar-refractivity contribution in [3.63, 3.8) is 0 Å². The van der Waals surface area contributed by atoms with Gasteiger partial charge < -0.3 is 14.6 Å². The van der Waals surface area contributed by atoms with Crippen molar-refractivity contribution >= 4 is 11.9 Å². The highest BCUT2D eigenvalue weighted by Crippen LogP contribution is 2.16. The van der Waals surface area contributed by atoms with Crippen LogP contribution in [-0.2, 0) is 19.1 Å². The first kappa shape index (κ1) is 51.6. The number of allylic oxidation sites excluding steroid dienone is 2. The number of unbranched alkanes of at least 4 members (excludes halogenated alkanes) is 34. The highest BCUT2D eigenvalue weighted by Gasteiger charge is 2.16. The molecule has 0 amide bonds. The van der Waals surface area contributed by atoms with Crippen LogP contribution in [0.15, 0.2) is 12.2 Å². The van der Waals surface area contributed by atoms with Crippen molar-refractivity contribution in [2.24, 2.45) is 0 Å². The quantitative estimate of drug-likeness (QED) is 0.0381. The molecule has 0 aliphatic heterocycles. The lowest BCUT2D eigenvalue weighted by Gasteiger charge is -2.15. The van der Waals surface area contributed by atoms with Gasteiger partial charge in [0.2, 0.25) is 0 Å². The van der Waals surface area contributed by atoms with E-state index in [1.54, 1.807) is 0 Å². The molecule has 5 nitrogen and oxygen atoms in total. The van der Waals surface area contributed by atoms with Gasteiger partial charge in [-0.05, 0) is 38.5 Å². The van der Waals surface area contributed by atoms with Crippen LogP contribution in [0.1, 0.15) is 264 Å². The fourth-order valence-corrected chi connectivity index (χ4v) is 7.20. The third-order valence-electron chi connectivity index (χ3n) is 10.8. The Morgan fingerprint density at radius 1 is 0.415 bits per heavy atom. The molecule has 0 saturated heterocycles. The summed E-state index contributed by atoms with van der Waals surface area (Å²) in [6.07, 6.45) is 52.9. The number of carbonyl (C=O) groups excluding carboxylic acids is 2.